The van der Waals surface area contributed by atoms with Crippen molar-refractivity contribution in [2.45, 2.75) is 58.8 Å². The average Bonchev–Trinajstić information content (AvgIpc) is 2.74. The van der Waals surface area contributed by atoms with Gasteiger partial charge in [-0.25, -0.2) is 0 Å². The number of hydrogen-bond donors (Lipinski definition) is 2. The zero-order valence-electron chi connectivity index (χ0n) is 18.6. The van der Waals surface area contributed by atoms with E-state index in [9.17, 15) is 9.59 Å². The van der Waals surface area contributed by atoms with Crippen LogP contribution in [0.1, 0.15) is 58.8 Å². The fourth-order valence-corrected chi connectivity index (χ4v) is 3.21. The summed E-state index contributed by atoms with van der Waals surface area (Å²) in [6.07, 6.45) is 5.64. The minimum atomic E-state index is 0.0160. The van der Waals surface area contributed by atoms with Gasteiger partial charge in [0.25, 0.3) is 0 Å². The van der Waals surface area contributed by atoms with Gasteiger partial charge in [0.2, 0.25) is 11.8 Å². The summed E-state index contributed by atoms with van der Waals surface area (Å²) in [5.74, 6) is 1.54. The van der Waals surface area contributed by atoms with Gasteiger partial charge in [-0.15, -0.1) is 0 Å². The van der Waals surface area contributed by atoms with Crippen LogP contribution in [0.4, 0.5) is 11.4 Å². The maximum Gasteiger partial charge on any atom is 0.224 e. The van der Waals surface area contributed by atoms with Crippen LogP contribution < -0.4 is 20.1 Å². The second kappa shape index (κ2) is 14.1. The molecule has 31 heavy (non-hydrogen) atoms. The largest absolute Gasteiger partial charge is 0.494 e. The van der Waals surface area contributed by atoms with Crippen molar-refractivity contribution in [1.29, 1.82) is 0 Å². The molecule has 0 saturated heterocycles. The lowest BCUT2D eigenvalue weighted by molar-refractivity contribution is -0.117. The van der Waals surface area contributed by atoms with Gasteiger partial charge in [-0.3, -0.25) is 9.59 Å². The molecule has 6 nitrogen and oxygen atoms in total. The second-order valence-electron chi connectivity index (χ2n) is 7.29. The molecule has 6 heteroatoms. The van der Waals surface area contributed by atoms with Crippen molar-refractivity contribution >= 4 is 23.2 Å². The first kappa shape index (κ1) is 24.3. The highest BCUT2D eigenvalue weighted by atomic mass is 16.5. The van der Waals surface area contributed by atoms with E-state index in [0.717, 1.165) is 55.0 Å². The Balaban J connectivity index is 1.54. The SMILES string of the molecule is CCOc1cccc(NC(=O)CCCCCCCC(=O)Nc2cccc(OCC)c2)c1. The number of ether oxygens (including phenoxy) is 2. The van der Waals surface area contributed by atoms with E-state index in [1.54, 1.807) is 0 Å². The fourth-order valence-electron chi connectivity index (χ4n) is 3.21. The van der Waals surface area contributed by atoms with Gasteiger partial charge in [-0.2, -0.15) is 0 Å². The highest BCUT2D eigenvalue weighted by molar-refractivity contribution is 5.91. The van der Waals surface area contributed by atoms with Gasteiger partial charge in [0.1, 0.15) is 11.5 Å². The summed E-state index contributed by atoms with van der Waals surface area (Å²) >= 11 is 0. The summed E-state index contributed by atoms with van der Waals surface area (Å²) < 4.78 is 10.9. The van der Waals surface area contributed by atoms with E-state index < -0.39 is 0 Å². The van der Waals surface area contributed by atoms with Crippen LogP contribution in [0, 0.1) is 0 Å². The molecule has 2 rings (SSSR count). The topological polar surface area (TPSA) is 76.7 Å². The molecule has 0 fully saturated rings. The molecule has 2 aromatic carbocycles. The predicted molar refractivity (Wildman–Crippen MR) is 125 cm³/mol. The van der Waals surface area contributed by atoms with Crippen molar-refractivity contribution in [1.82, 2.24) is 0 Å². The Morgan fingerprint density at radius 3 is 1.52 bits per heavy atom. The molecule has 0 aliphatic rings. The van der Waals surface area contributed by atoms with E-state index in [1.165, 1.54) is 0 Å². The van der Waals surface area contributed by atoms with Gasteiger partial charge >= 0.3 is 0 Å². The number of hydrogen-bond acceptors (Lipinski definition) is 4. The molecule has 2 amide bonds. The number of nitrogens with one attached hydrogen (secondary N) is 2. The number of anilines is 2. The lowest BCUT2D eigenvalue weighted by Gasteiger charge is -2.08. The minimum Gasteiger partial charge on any atom is -0.494 e. The number of carbonyl (C=O) groups is 2. The van der Waals surface area contributed by atoms with Gasteiger partial charge in [-0.1, -0.05) is 31.4 Å². The molecule has 0 aliphatic heterocycles. The van der Waals surface area contributed by atoms with Gasteiger partial charge in [0, 0.05) is 36.3 Å². The molecule has 0 aromatic heterocycles. The molecular weight excluding hydrogens is 392 g/mol. The third-order valence-corrected chi connectivity index (χ3v) is 4.67. The maximum absolute atomic E-state index is 12.1. The number of rotatable bonds is 14. The monoisotopic (exact) mass is 426 g/mol. The highest BCUT2D eigenvalue weighted by Gasteiger charge is 2.05. The van der Waals surface area contributed by atoms with Crippen LogP contribution in [-0.4, -0.2) is 25.0 Å². The molecule has 0 bridgehead atoms. The number of unbranched alkanes of at least 4 members (excludes halogenated alkanes) is 4. The van der Waals surface area contributed by atoms with E-state index >= 15 is 0 Å². The van der Waals surface area contributed by atoms with Crippen LogP contribution >= 0.6 is 0 Å². The molecule has 0 aliphatic carbocycles. The molecule has 168 valence electrons. The summed E-state index contributed by atoms with van der Waals surface area (Å²) in [5, 5.41) is 5.82. The number of benzene rings is 2. The highest BCUT2D eigenvalue weighted by Crippen LogP contribution is 2.19. The zero-order valence-corrected chi connectivity index (χ0v) is 18.6. The number of amides is 2. The van der Waals surface area contributed by atoms with E-state index in [1.807, 2.05) is 62.4 Å². The molecule has 2 N–H and O–H groups in total. The normalized spacial score (nSPS) is 10.4. The number of carbonyl (C=O) groups excluding carboxylic acids is 2. The van der Waals surface area contributed by atoms with Gasteiger partial charge in [0.15, 0.2) is 0 Å². The first-order valence-corrected chi connectivity index (χ1v) is 11.2. The molecule has 0 atom stereocenters. The molecule has 2 aromatic rings. The first-order valence-electron chi connectivity index (χ1n) is 11.2. The Morgan fingerprint density at radius 2 is 1.10 bits per heavy atom. The molecular formula is C25H34N2O4. The summed E-state index contributed by atoms with van der Waals surface area (Å²) in [5.41, 5.74) is 1.52. The van der Waals surface area contributed by atoms with Crippen molar-refractivity contribution < 1.29 is 19.1 Å². The van der Waals surface area contributed by atoms with E-state index in [-0.39, 0.29) is 11.8 Å². The molecule has 0 radical (unpaired) electrons. The fraction of sp³-hybridized carbons (Fsp3) is 0.440. The van der Waals surface area contributed by atoms with Crippen LogP contribution in [0.15, 0.2) is 48.5 Å². The molecule has 0 saturated carbocycles. The standard InChI is InChI=1S/C25H34N2O4/c1-3-30-22-14-10-12-20(18-22)26-24(28)16-8-6-5-7-9-17-25(29)27-21-13-11-15-23(19-21)31-4-2/h10-15,18-19H,3-9,16-17H2,1-2H3,(H,26,28)(H,27,29). The van der Waals surface area contributed by atoms with E-state index in [4.69, 9.17) is 9.47 Å². The zero-order chi connectivity index (χ0) is 22.3. The summed E-state index contributed by atoms with van der Waals surface area (Å²) in [6, 6.07) is 14.9. The van der Waals surface area contributed by atoms with E-state index in [2.05, 4.69) is 10.6 Å². The quantitative estimate of drug-likeness (QED) is 0.375. The average molecular weight is 427 g/mol. The van der Waals surface area contributed by atoms with Crippen LogP contribution in [0.3, 0.4) is 0 Å². The third kappa shape index (κ3) is 10.0. The van der Waals surface area contributed by atoms with Crippen molar-refractivity contribution in [2.24, 2.45) is 0 Å². The van der Waals surface area contributed by atoms with Gasteiger partial charge in [0.05, 0.1) is 13.2 Å². The Hall–Kier alpha value is -3.02. The van der Waals surface area contributed by atoms with Crippen LogP contribution in [0.2, 0.25) is 0 Å². The predicted octanol–water partition coefficient (Wildman–Crippen LogP) is 5.79. The van der Waals surface area contributed by atoms with Crippen molar-refractivity contribution in [3.8, 4) is 11.5 Å². The Labute approximate surface area is 185 Å². The second-order valence-corrected chi connectivity index (χ2v) is 7.29. The Morgan fingerprint density at radius 1 is 0.677 bits per heavy atom. The first-order chi connectivity index (χ1) is 15.1. The van der Waals surface area contributed by atoms with Crippen molar-refractivity contribution in [3.05, 3.63) is 48.5 Å². The maximum atomic E-state index is 12.1. The molecule has 0 spiro atoms. The lowest BCUT2D eigenvalue weighted by Crippen LogP contribution is -2.11. The smallest absolute Gasteiger partial charge is 0.224 e. The Bertz CT molecular complexity index is 755. The Kier molecular flexibility index (Phi) is 11.0. The third-order valence-electron chi connectivity index (χ3n) is 4.67. The van der Waals surface area contributed by atoms with Crippen molar-refractivity contribution in [3.63, 3.8) is 0 Å². The molecule has 0 unspecified atom stereocenters. The van der Waals surface area contributed by atoms with Gasteiger partial charge < -0.3 is 20.1 Å². The summed E-state index contributed by atoms with van der Waals surface area (Å²) in [6.45, 7) is 5.05. The van der Waals surface area contributed by atoms with Crippen LogP contribution in [0.25, 0.3) is 0 Å². The van der Waals surface area contributed by atoms with Gasteiger partial charge in [-0.05, 0) is 51.0 Å². The van der Waals surface area contributed by atoms with Crippen molar-refractivity contribution in [2.75, 3.05) is 23.8 Å². The lowest BCUT2D eigenvalue weighted by atomic mass is 10.1. The summed E-state index contributed by atoms with van der Waals surface area (Å²) in [7, 11) is 0. The van der Waals surface area contributed by atoms with Crippen LogP contribution in [0.5, 0.6) is 11.5 Å². The minimum absolute atomic E-state index is 0.0160. The van der Waals surface area contributed by atoms with E-state index in [0.29, 0.717) is 26.1 Å². The molecule has 0 heterocycles. The summed E-state index contributed by atoms with van der Waals surface area (Å²) in [4.78, 5) is 24.2. The van der Waals surface area contributed by atoms with Crippen LogP contribution in [-0.2, 0) is 9.59 Å².